The molecule has 3 heterocycles. The number of aromatic nitrogens is 1. The van der Waals surface area contributed by atoms with Gasteiger partial charge in [0.05, 0.1) is 7.11 Å². The Morgan fingerprint density at radius 3 is 2.78 bits per heavy atom. The van der Waals surface area contributed by atoms with Gasteiger partial charge >= 0.3 is 208 Å². The molecule has 36 heavy (non-hydrogen) atoms. The third-order valence-corrected chi connectivity index (χ3v) is 12.6. The zero-order chi connectivity index (χ0) is 25.2. The zero-order valence-electron chi connectivity index (χ0n) is 20.8. The Hall–Kier alpha value is -1.32. The zero-order valence-corrected chi connectivity index (χ0v) is 25.6. The smallest absolute Gasteiger partial charge is 0.870 e. The van der Waals surface area contributed by atoms with Gasteiger partial charge < -0.3 is 5.48 Å². The summed E-state index contributed by atoms with van der Waals surface area (Å²) in [5.74, 6) is 0.500. The van der Waals surface area contributed by atoms with Gasteiger partial charge in [0.1, 0.15) is 0 Å². The van der Waals surface area contributed by atoms with Crippen molar-refractivity contribution in [3.63, 3.8) is 0 Å². The number of anilines is 1. The summed E-state index contributed by atoms with van der Waals surface area (Å²) in [5, 5.41) is 2.35. The Bertz CT molecular complexity index is 1300. The van der Waals surface area contributed by atoms with Crippen molar-refractivity contribution in [2.45, 2.75) is 49.0 Å². The summed E-state index contributed by atoms with van der Waals surface area (Å²) in [6.45, 7) is 8.17. The first-order valence-corrected chi connectivity index (χ1v) is 17.4. The van der Waals surface area contributed by atoms with Crippen LogP contribution in [0.15, 0.2) is 45.8 Å². The van der Waals surface area contributed by atoms with Crippen molar-refractivity contribution in [3.05, 3.63) is 50.8 Å². The van der Waals surface area contributed by atoms with E-state index in [1.165, 1.54) is 15.5 Å². The van der Waals surface area contributed by atoms with Crippen molar-refractivity contribution in [1.29, 1.82) is 0 Å². The van der Waals surface area contributed by atoms with Gasteiger partial charge in [0.25, 0.3) is 0 Å². The predicted molar refractivity (Wildman–Crippen MR) is 150 cm³/mol. The second-order valence-corrected chi connectivity index (χ2v) is 15.9. The summed E-state index contributed by atoms with van der Waals surface area (Å²) in [6, 6.07) is 5.98. The minimum Gasteiger partial charge on any atom is -0.870 e. The summed E-state index contributed by atoms with van der Waals surface area (Å²) in [4.78, 5) is 4.66. The predicted octanol–water partition coefficient (Wildman–Crippen LogP) is 4.58. The molecule has 4 rings (SSSR count). The van der Waals surface area contributed by atoms with E-state index in [1.54, 1.807) is 22.6 Å². The minimum atomic E-state index is -4.00. The Morgan fingerprint density at radius 1 is 1.33 bits per heavy atom. The van der Waals surface area contributed by atoms with Gasteiger partial charge in [0, 0.05) is 0 Å². The molecule has 0 radical (unpaired) electrons. The molecule has 0 bridgehead atoms. The number of benzene rings is 1. The first kappa shape index (κ1) is 29.2. The molecule has 1 aromatic heterocycles. The molecule has 0 amide bonds. The molecule has 196 valence electrons. The van der Waals surface area contributed by atoms with E-state index >= 15 is 0 Å². The van der Waals surface area contributed by atoms with Gasteiger partial charge in [-0.1, -0.05) is 0 Å². The Kier molecular flexibility index (Phi) is 10.1. The molecule has 11 heteroatoms. The van der Waals surface area contributed by atoms with E-state index in [0.717, 1.165) is 34.3 Å². The fourth-order valence-corrected chi connectivity index (χ4v) is 10.6. The van der Waals surface area contributed by atoms with Crippen molar-refractivity contribution >= 4 is 75.7 Å². The molecule has 2 aromatic rings. The fourth-order valence-electron chi connectivity index (χ4n) is 4.03. The Morgan fingerprint density at radius 2 is 2.11 bits per heavy atom. The van der Waals surface area contributed by atoms with Gasteiger partial charge in [-0.2, -0.15) is 8.42 Å². The van der Waals surface area contributed by atoms with Crippen molar-refractivity contribution in [2.24, 2.45) is 0 Å². The number of methoxy groups -OCH3 is 1. The number of fused-ring (bicyclic) bond motifs is 2. The Labute approximate surface area is 232 Å². The Balaban J connectivity index is 0.00000361. The molecule has 0 spiro atoms. The van der Waals surface area contributed by atoms with Crippen LogP contribution >= 0.6 is 23.1 Å². The maximum atomic E-state index is 11.3. The van der Waals surface area contributed by atoms with Crippen LogP contribution in [0.3, 0.4) is 0 Å². The first-order chi connectivity index (χ1) is 16.7. The molecule has 0 saturated heterocycles. The van der Waals surface area contributed by atoms with Crippen LogP contribution in [0, 0.1) is 0 Å². The monoisotopic (exact) mass is 666 g/mol. The van der Waals surface area contributed by atoms with E-state index in [-0.39, 0.29) is 32.2 Å². The van der Waals surface area contributed by atoms with Gasteiger partial charge in [-0.15, -0.1) is 0 Å². The number of hydrogen-bond acceptors (Lipinski definition) is 7. The third kappa shape index (κ3) is 6.75. The molecule has 1 atom stereocenters. The number of hydrogen-bond donors (Lipinski definition) is 1. The van der Waals surface area contributed by atoms with Crippen molar-refractivity contribution in [1.82, 2.24) is 0 Å². The normalized spacial score (nSPS) is 18.2. The van der Waals surface area contributed by atoms with Crippen LogP contribution in [0.25, 0.3) is 12.2 Å². The average Bonchev–Trinajstić information content (AvgIpc) is 3.33. The molecule has 2 aliphatic heterocycles. The molecule has 0 saturated carbocycles. The van der Waals surface area contributed by atoms with Gasteiger partial charge in [0.2, 0.25) is 0 Å². The summed E-state index contributed by atoms with van der Waals surface area (Å²) in [7, 11) is -2.36. The SMILES string of the molecule is CCC(=Cc1sc2c([n+]1CC)[Te]C(C)C=C2)C=C1Sc2ccc(OC)cc2N1CCCS(=O)(=O)O.[OH-]. The molecule has 2 N–H and O–H groups in total. The molecule has 2 aliphatic rings. The molecule has 1 aromatic carbocycles. The number of allylic oxidation sites excluding steroid dienone is 3. The quantitative estimate of drug-likeness (QED) is 0.238. The molecular formula is C25H32N2O5S3Te. The second kappa shape index (κ2) is 12.5. The fraction of sp³-hybridized carbons (Fsp3) is 0.400. The second-order valence-electron chi connectivity index (χ2n) is 8.32. The van der Waals surface area contributed by atoms with Gasteiger partial charge in [-0.25, -0.2) is 0 Å². The van der Waals surface area contributed by atoms with E-state index in [9.17, 15) is 13.0 Å². The summed E-state index contributed by atoms with van der Waals surface area (Å²) < 4.78 is 42.0. The van der Waals surface area contributed by atoms with Crippen LogP contribution in [-0.2, 0) is 16.7 Å². The third-order valence-electron chi connectivity index (χ3n) is 5.82. The van der Waals surface area contributed by atoms with Crippen LogP contribution in [0.4, 0.5) is 5.69 Å². The van der Waals surface area contributed by atoms with E-state index in [1.807, 2.05) is 29.5 Å². The van der Waals surface area contributed by atoms with Crippen LogP contribution in [0.2, 0.25) is 3.97 Å². The standard InChI is InChI=1S/C25H30N2O4S3Te.H2O/c1-5-18(14-23-26(6-2)25-22(33-23)10-8-17(3)35-25)15-24-27(12-7-13-34(28,29)30)20-16-19(31-4)9-11-21(20)32-24;/h8-11,14-17H,5-7,12-13H2,1-4H3;1H2. The topological polar surface area (TPSA) is 101 Å². The van der Waals surface area contributed by atoms with E-state index < -0.39 is 10.1 Å². The average molecular weight is 664 g/mol. The van der Waals surface area contributed by atoms with Gasteiger partial charge in [-0.05, 0) is 0 Å². The number of thioether (sulfide) groups is 1. The van der Waals surface area contributed by atoms with Gasteiger partial charge in [0.15, 0.2) is 0 Å². The molecule has 1 unspecified atom stereocenters. The van der Waals surface area contributed by atoms with E-state index in [2.05, 4.69) is 54.5 Å². The number of ether oxygens (including phenoxy) is 1. The number of nitrogens with zero attached hydrogens (tertiary/aromatic N) is 2. The van der Waals surface area contributed by atoms with E-state index in [0.29, 0.717) is 16.9 Å². The van der Waals surface area contributed by atoms with Crippen LogP contribution in [0.1, 0.15) is 43.5 Å². The minimum absolute atomic E-state index is 0. The summed E-state index contributed by atoms with van der Waals surface area (Å²) in [6.07, 6.45) is 10.4. The summed E-state index contributed by atoms with van der Waals surface area (Å²) in [5.41, 5.74) is 2.23. The summed E-state index contributed by atoms with van der Waals surface area (Å²) >= 11 is 3.32. The van der Waals surface area contributed by atoms with Crippen LogP contribution in [-0.4, -0.2) is 58.8 Å². The van der Waals surface area contributed by atoms with Crippen molar-refractivity contribution in [2.75, 3.05) is 24.3 Å². The maximum absolute atomic E-state index is 11.3. The van der Waals surface area contributed by atoms with Crippen molar-refractivity contribution < 1.29 is 27.8 Å². The van der Waals surface area contributed by atoms with Crippen LogP contribution < -0.4 is 17.9 Å². The molecule has 7 nitrogen and oxygen atoms in total. The van der Waals surface area contributed by atoms with E-state index in [4.69, 9.17) is 4.74 Å². The first-order valence-electron chi connectivity index (χ1n) is 11.6. The van der Waals surface area contributed by atoms with Gasteiger partial charge in [-0.3, -0.25) is 4.55 Å². The number of thiazole rings is 1. The molecule has 0 fully saturated rings. The van der Waals surface area contributed by atoms with Crippen molar-refractivity contribution in [3.8, 4) is 5.75 Å². The molecular weight excluding hydrogens is 632 g/mol. The number of rotatable bonds is 9. The van der Waals surface area contributed by atoms with Crippen LogP contribution in [0.5, 0.6) is 5.75 Å². The molecule has 0 aliphatic carbocycles.